The quantitative estimate of drug-likeness (QED) is 0.532. The molecule has 2 nitrogen and oxygen atoms in total. The maximum Gasteiger partial charge on any atom is 0.333 e. The Morgan fingerprint density at radius 2 is 1.94 bits per heavy atom. The molecule has 0 aliphatic heterocycles. The van der Waals surface area contributed by atoms with Gasteiger partial charge in [0.1, 0.15) is 0 Å². The second kappa shape index (κ2) is 6.23. The van der Waals surface area contributed by atoms with Crippen LogP contribution < -0.4 is 0 Å². The van der Waals surface area contributed by atoms with Crippen molar-refractivity contribution in [2.75, 3.05) is 6.61 Å². The molecule has 0 saturated heterocycles. The van der Waals surface area contributed by atoms with E-state index in [1.54, 1.807) is 6.92 Å². The van der Waals surface area contributed by atoms with Crippen molar-refractivity contribution in [3.63, 3.8) is 0 Å². The molecule has 0 amide bonds. The SMILES string of the molecule is C=C(C)C(=O)OCC1(CC)CCC(CC)CC1. The maximum atomic E-state index is 11.4. The summed E-state index contributed by atoms with van der Waals surface area (Å²) in [6, 6.07) is 0. The van der Waals surface area contributed by atoms with Gasteiger partial charge in [-0.05, 0) is 44.9 Å². The van der Waals surface area contributed by atoms with Crippen molar-refractivity contribution in [2.24, 2.45) is 11.3 Å². The Labute approximate surface area is 105 Å². The zero-order valence-electron chi connectivity index (χ0n) is 11.6. The zero-order valence-corrected chi connectivity index (χ0v) is 11.6. The lowest BCUT2D eigenvalue weighted by Gasteiger charge is -2.39. The number of hydrogen-bond acceptors (Lipinski definition) is 2. The second-order valence-electron chi connectivity index (χ2n) is 5.56. The molecular formula is C15H26O2. The first-order chi connectivity index (χ1) is 8.03. The normalized spacial score (nSPS) is 28.8. The van der Waals surface area contributed by atoms with Gasteiger partial charge in [-0.3, -0.25) is 0 Å². The third kappa shape index (κ3) is 3.86. The van der Waals surface area contributed by atoms with Gasteiger partial charge in [-0.25, -0.2) is 4.79 Å². The van der Waals surface area contributed by atoms with Crippen LogP contribution in [0.5, 0.6) is 0 Å². The molecule has 0 heterocycles. The third-order valence-electron chi connectivity index (χ3n) is 4.35. The molecule has 0 bridgehead atoms. The van der Waals surface area contributed by atoms with Gasteiger partial charge in [-0.2, -0.15) is 0 Å². The van der Waals surface area contributed by atoms with E-state index < -0.39 is 0 Å². The van der Waals surface area contributed by atoms with Crippen molar-refractivity contribution < 1.29 is 9.53 Å². The van der Waals surface area contributed by atoms with Gasteiger partial charge in [0.2, 0.25) is 0 Å². The molecule has 0 spiro atoms. The topological polar surface area (TPSA) is 26.3 Å². The maximum absolute atomic E-state index is 11.4. The molecule has 17 heavy (non-hydrogen) atoms. The average Bonchev–Trinajstić information content (AvgIpc) is 2.36. The van der Waals surface area contributed by atoms with E-state index in [4.69, 9.17) is 4.74 Å². The number of hydrogen-bond donors (Lipinski definition) is 0. The smallest absolute Gasteiger partial charge is 0.333 e. The Balaban J connectivity index is 2.48. The fourth-order valence-electron chi connectivity index (χ4n) is 2.64. The fraction of sp³-hybridized carbons (Fsp3) is 0.800. The highest BCUT2D eigenvalue weighted by Crippen LogP contribution is 2.42. The van der Waals surface area contributed by atoms with Crippen molar-refractivity contribution in [3.05, 3.63) is 12.2 Å². The standard InChI is InChI=1S/C15H26O2/c1-5-13-7-9-15(6-2,10-8-13)11-17-14(16)12(3)4/h13H,3,5-11H2,1-2,4H3. The van der Waals surface area contributed by atoms with Crippen LogP contribution in [0.1, 0.15) is 59.3 Å². The molecule has 0 N–H and O–H groups in total. The largest absolute Gasteiger partial charge is 0.462 e. The van der Waals surface area contributed by atoms with Crippen LogP contribution in [0.25, 0.3) is 0 Å². The van der Waals surface area contributed by atoms with E-state index in [0.29, 0.717) is 12.2 Å². The summed E-state index contributed by atoms with van der Waals surface area (Å²) < 4.78 is 5.37. The van der Waals surface area contributed by atoms with Crippen LogP contribution in [0.15, 0.2) is 12.2 Å². The first kappa shape index (κ1) is 14.3. The highest BCUT2D eigenvalue weighted by molar-refractivity contribution is 5.86. The van der Waals surface area contributed by atoms with Gasteiger partial charge in [0, 0.05) is 11.0 Å². The van der Waals surface area contributed by atoms with Crippen LogP contribution in [0.4, 0.5) is 0 Å². The van der Waals surface area contributed by atoms with Gasteiger partial charge in [-0.15, -0.1) is 0 Å². The first-order valence-corrected chi connectivity index (χ1v) is 6.85. The van der Waals surface area contributed by atoms with E-state index in [1.807, 2.05) is 0 Å². The van der Waals surface area contributed by atoms with Crippen molar-refractivity contribution in [1.82, 2.24) is 0 Å². The van der Waals surface area contributed by atoms with Gasteiger partial charge in [0.25, 0.3) is 0 Å². The fourth-order valence-corrected chi connectivity index (χ4v) is 2.64. The summed E-state index contributed by atoms with van der Waals surface area (Å²) in [5.41, 5.74) is 0.732. The van der Waals surface area contributed by atoms with Crippen LogP contribution in [0, 0.1) is 11.3 Å². The Hall–Kier alpha value is -0.790. The minimum Gasteiger partial charge on any atom is -0.462 e. The van der Waals surface area contributed by atoms with Gasteiger partial charge in [0.15, 0.2) is 0 Å². The molecular weight excluding hydrogens is 212 g/mol. The number of carbonyl (C=O) groups is 1. The summed E-state index contributed by atoms with van der Waals surface area (Å²) in [4.78, 5) is 11.4. The molecule has 0 aromatic carbocycles. The summed E-state index contributed by atoms with van der Waals surface area (Å²) in [5, 5.41) is 0. The lowest BCUT2D eigenvalue weighted by Crippen LogP contribution is -2.32. The number of carbonyl (C=O) groups excluding carboxylic acids is 1. The summed E-state index contributed by atoms with van der Waals surface area (Å²) in [5.74, 6) is 0.641. The van der Waals surface area contributed by atoms with E-state index in [0.717, 1.165) is 12.3 Å². The van der Waals surface area contributed by atoms with Crippen molar-refractivity contribution in [1.29, 1.82) is 0 Å². The van der Waals surface area contributed by atoms with E-state index in [2.05, 4.69) is 20.4 Å². The minimum atomic E-state index is -0.240. The van der Waals surface area contributed by atoms with E-state index in [1.165, 1.54) is 32.1 Å². The first-order valence-electron chi connectivity index (χ1n) is 6.85. The third-order valence-corrected chi connectivity index (χ3v) is 4.35. The van der Waals surface area contributed by atoms with Crippen molar-refractivity contribution >= 4 is 5.97 Å². The Morgan fingerprint density at radius 1 is 1.35 bits per heavy atom. The molecule has 1 rings (SSSR count). The molecule has 0 atom stereocenters. The molecule has 0 aromatic rings. The molecule has 0 radical (unpaired) electrons. The molecule has 2 heteroatoms. The van der Waals surface area contributed by atoms with Crippen LogP contribution in [-0.4, -0.2) is 12.6 Å². The Bertz CT molecular complexity index is 273. The lowest BCUT2D eigenvalue weighted by atomic mass is 9.69. The Morgan fingerprint density at radius 3 is 2.35 bits per heavy atom. The Kier molecular flexibility index (Phi) is 5.23. The molecule has 1 aliphatic rings. The summed E-state index contributed by atoms with van der Waals surface area (Å²) in [6.45, 7) is 10.4. The van der Waals surface area contributed by atoms with Gasteiger partial charge >= 0.3 is 5.97 Å². The van der Waals surface area contributed by atoms with E-state index in [-0.39, 0.29) is 11.4 Å². The van der Waals surface area contributed by atoms with Crippen molar-refractivity contribution in [2.45, 2.75) is 59.3 Å². The molecule has 1 fully saturated rings. The highest BCUT2D eigenvalue weighted by Gasteiger charge is 2.34. The predicted octanol–water partition coefficient (Wildman–Crippen LogP) is 4.10. The highest BCUT2D eigenvalue weighted by atomic mass is 16.5. The van der Waals surface area contributed by atoms with Gasteiger partial charge in [0.05, 0.1) is 6.61 Å². The average molecular weight is 238 g/mol. The summed E-state index contributed by atoms with van der Waals surface area (Å²) in [7, 11) is 0. The predicted molar refractivity (Wildman–Crippen MR) is 70.7 cm³/mol. The molecule has 1 saturated carbocycles. The lowest BCUT2D eigenvalue weighted by molar-refractivity contribution is -0.143. The minimum absolute atomic E-state index is 0.233. The molecule has 0 aromatic heterocycles. The van der Waals surface area contributed by atoms with Gasteiger partial charge in [-0.1, -0.05) is 26.8 Å². The molecule has 1 aliphatic carbocycles. The van der Waals surface area contributed by atoms with Crippen LogP contribution in [-0.2, 0) is 9.53 Å². The van der Waals surface area contributed by atoms with Crippen LogP contribution >= 0.6 is 0 Å². The van der Waals surface area contributed by atoms with Crippen LogP contribution in [0.2, 0.25) is 0 Å². The van der Waals surface area contributed by atoms with Crippen molar-refractivity contribution in [3.8, 4) is 0 Å². The monoisotopic (exact) mass is 238 g/mol. The van der Waals surface area contributed by atoms with E-state index >= 15 is 0 Å². The number of ether oxygens (including phenoxy) is 1. The molecule has 98 valence electrons. The van der Waals surface area contributed by atoms with Crippen LogP contribution in [0.3, 0.4) is 0 Å². The zero-order chi connectivity index (χ0) is 12.9. The van der Waals surface area contributed by atoms with E-state index in [9.17, 15) is 4.79 Å². The number of rotatable bonds is 5. The second-order valence-corrected chi connectivity index (χ2v) is 5.56. The number of esters is 1. The summed E-state index contributed by atoms with van der Waals surface area (Å²) >= 11 is 0. The van der Waals surface area contributed by atoms with Gasteiger partial charge < -0.3 is 4.74 Å². The summed E-state index contributed by atoms with van der Waals surface area (Å²) in [6.07, 6.45) is 7.36. The molecule has 0 unspecified atom stereocenters.